The lowest BCUT2D eigenvalue weighted by Crippen LogP contribution is -2.30. The van der Waals surface area contributed by atoms with Gasteiger partial charge in [-0.2, -0.15) is 0 Å². The second-order valence-electron chi connectivity index (χ2n) is 5.03. The van der Waals surface area contributed by atoms with Crippen LogP contribution in [0, 0.1) is 0 Å². The zero-order valence-corrected chi connectivity index (χ0v) is 13.6. The molecular formula is C16H27N3O2. The SMILES string of the molecule is CC.CC(C)OC(=O)Nc1ccc(N2CCCCC2)nc1. The molecule has 1 saturated heterocycles. The van der Waals surface area contributed by atoms with E-state index in [4.69, 9.17) is 4.74 Å². The number of pyridine rings is 1. The highest BCUT2D eigenvalue weighted by atomic mass is 16.6. The number of nitrogens with zero attached hydrogens (tertiary/aromatic N) is 2. The third-order valence-corrected chi connectivity index (χ3v) is 3.02. The van der Waals surface area contributed by atoms with E-state index in [1.807, 2.05) is 39.8 Å². The average Bonchev–Trinajstić information content (AvgIpc) is 2.50. The molecule has 1 fully saturated rings. The van der Waals surface area contributed by atoms with Gasteiger partial charge in [-0.05, 0) is 45.2 Å². The Morgan fingerprint density at radius 2 is 1.90 bits per heavy atom. The van der Waals surface area contributed by atoms with Crippen LogP contribution in [-0.4, -0.2) is 30.3 Å². The Labute approximate surface area is 127 Å². The summed E-state index contributed by atoms with van der Waals surface area (Å²) in [6, 6.07) is 3.80. The van der Waals surface area contributed by atoms with Crippen molar-refractivity contribution in [3.05, 3.63) is 18.3 Å². The first-order valence-electron chi connectivity index (χ1n) is 7.84. The predicted molar refractivity (Wildman–Crippen MR) is 86.9 cm³/mol. The fraction of sp³-hybridized carbons (Fsp3) is 0.625. The molecule has 0 atom stereocenters. The number of amides is 1. The molecule has 0 unspecified atom stereocenters. The molecule has 0 saturated carbocycles. The van der Waals surface area contributed by atoms with E-state index >= 15 is 0 Å². The van der Waals surface area contributed by atoms with E-state index in [1.165, 1.54) is 19.3 Å². The summed E-state index contributed by atoms with van der Waals surface area (Å²) in [5, 5.41) is 2.66. The molecule has 1 amide bonds. The summed E-state index contributed by atoms with van der Waals surface area (Å²) < 4.78 is 5.01. The number of ether oxygens (including phenoxy) is 1. The van der Waals surface area contributed by atoms with Gasteiger partial charge < -0.3 is 9.64 Å². The Bertz CT molecular complexity index is 412. The van der Waals surface area contributed by atoms with Gasteiger partial charge in [0.15, 0.2) is 0 Å². The van der Waals surface area contributed by atoms with Crippen LogP contribution in [-0.2, 0) is 4.74 Å². The molecule has 1 aliphatic heterocycles. The standard InChI is InChI=1S/C14H21N3O2.C2H6/c1-11(2)19-14(18)16-12-6-7-13(15-10-12)17-8-4-3-5-9-17;1-2/h6-7,10-11H,3-5,8-9H2,1-2H3,(H,16,18);1-2H3. The van der Waals surface area contributed by atoms with Crippen LogP contribution in [0.5, 0.6) is 0 Å². The van der Waals surface area contributed by atoms with Gasteiger partial charge in [0.25, 0.3) is 0 Å². The van der Waals surface area contributed by atoms with Gasteiger partial charge in [-0.15, -0.1) is 0 Å². The molecular weight excluding hydrogens is 266 g/mol. The zero-order chi connectivity index (χ0) is 15.7. The average molecular weight is 293 g/mol. The summed E-state index contributed by atoms with van der Waals surface area (Å²) in [6.45, 7) is 9.76. The Morgan fingerprint density at radius 1 is 1.24 bits per heavy atom. The molecule has 5 heteroatoms. The van der Waals surface area contributed by atoms with E-state index in [2.05, 4.69) is 15.2 Å². The summed E-state index contributed by atoms with van der Waals surface area (Å²) in [4.78, 5) is 18.1. The molecule has 0 spiro atoms. The molecule has 0 bridgehead atoms. The van der Waals surface area contributed by atoms with Gasteiger partial charge in [-0.1, -0.05) is 13.8 Å². The first kappa shape index (κ1) is 17.3. The summed E-state index contributed by atoms with van der Waals surface area (Å²) >= 11 is 0. The number of aromatic nitrogens is 1. The third kappa shape index (κ3) is 6.02. The van der Waals surface area contributed by atoms with E-state index < -0.39 is 6.09 Å². The lowest BCUT2D eigenvalue weighted by molar-refractivity contribution is 0.130. The number of piperidine rings is 1. The number of carbonyl (C=O) groups is 1. The largest absolute Gasteiger partial charge is 0.447 e. The maximum Gasteiger partial charge on any atom is 0.411 e. The molecule has 1 aliphatic rings. The fourth-order valence-electron chi connectivity index (χ4n) is 2.13. The van der Waals surface area contributed by atoms with Crippen LogP contribution >= 0.6 is 0 Å². The van der Waals surface area contributed by atoms with Crippen molar-refractivity contribution in [2.24, 2.45) is 0 Å². The van der Waals surface area contributed by atoms with Crippen LogP contribution in [0.15, 0.2) is 18.3 Å². The highest BCUT2D eigenvalue weighted by molar-refractivity contribution is 5.84. The van der Waals surface area contributed by atoms with E-state index in [0.29, 0.717) is 5.69 Å². The molecule has 21 heavy (non-hydrogen) atoms. The van der Waals surface area contributed by atoms with Gasteiger partial charge in [0.1, 0.15) is 5.82 Å². The molecule has 2 rings (SSSR count). The normalized spacial score (nSPS) is 14.2. The Balaban J connectivity index is 0.00000106. The monoisotopic (exact) mass is 293 g/mol. The fourth-order valence-corrected chi connectivity index (χ4v) is 2.13. The molecule has 1 aromatic rings. The molecule has 5 nitrogen and oxygen atoms in total. The number of hydrogen-bond acceptors (Lipinski definition) is 4. The summed E-state index contributed by atoms with van der Waals surface area (Å²) in [5.41, 5.74) is 0.659. The third-order valence-electron chi connectivity index (χ3n) is 3.02. The minimum atomic E-state index is -0.442. The van der Waals surface area contributed by atoms with E-state index in [0.717, 1.165) is 18.9 Å². The van der Waals surface area contributed by atoms with E-state index in [9.17, 15) is 4.79 Å². The molecule has 118 valence electrons. The molecule has 0 radical (unpaired) electrons. The molecule has 1 N–H and O–H groups in total. The number of hydrogen-bond donors (Lipinski definition) is 1. The second-order valence-corrected chi connectivity index (χ2v) is 5.03. The zero-order valence-electron chi connectivity index (χ0n) is 13.6. The number of carbonyl (C=O) groups excluding carboxylic acids is 1. The Morgan fingerprint density at radius 3 is 2.43 bits per heavy atom. The lowest BCUT2D eigenvalue weighted by Gasteiger charge is -2.27. The maximum absolute atomic E-state index is 11.4. The minimum Gasteiger partial charge on any atom is -0.447 e. The van der Waals surface area contributed by atoms with Gasteiger partial charge in [0.05, 0.1) is 18.0 Å². The lowest BCUT2D eigenvalue weighted by atomic mass is 10.1. The van der Waals surface area contributed by atoms with Crippen LogP contribution in [0.2, 0.25) is 0 Å². The van der Waals surface area contributed by atoms with Crippen LogP contribution in [0.1, 0.15) is 47.0 Å². The number of nitrogens with one attached hydrogen (secondary N) is 1. The van der Waals surface area contributed by atoms with Crippen molar-refractivity contribution in [2.75, 3.05) is 23.3 Å². The quantitative estimate of drug-likeness (QED) is 0.913. The number of anilines is 2. The van der Waals surface area contributed by atoms with Gasteiger partial charge >= 0.3 is 6.09 Å². The molecule has 0 aliphatic carbocycles. The highest BCUT2D eigenvalue weighted by Gasteiger charge is 2.12. The van der Waals surface area contributed by atoms with Crippen molar-refractivity contribution >= 4 is 17.6 Å². The Hall–Kier alpha value is -1.78. The summed E-state index contributed by atoms with van der Waals surface area (Å²) in [5.74, 6) is 0.975. The van der Waals surface area contributed by atoms with Crippen LogP contribution in [0.3, 0.4) is 0 Å². The summed E-state index contributed by atoms with van der Waals surface area (Å²) in [7, 11) is 0. The van der Waals surface area contributed by atoms with Crippen molar-refractivity contribution in [3.63, 3.8) is 0 Å². The van der Waals surface area contributed by atoms with Gasteiger partial charge in [-0.3, -0.25) is 5.32 Å². The van der Waals surface area contributed by atoms with Crippen LogP contribution < -0.4 is 10.2 Å². The van der Waals surface area contributed by atoms with Crippen molar-refractivity contribution in [2.45, 2.75) is 53.1 Å². The minimum absolute atomic E-state index is 0.124. The summed E-state index contributed by atoms with van der Waals surface area (Å²) in [6.07, 6.45) is 4.86. The Kier molecular flexibility index (Phi) is 7.58. The van der Waals surface area contributed by atoms with Crippen molar-refractivity contribution < 1.29 is 9.53 Å². The maximum atomic E-state index is 11.4. The first-order valence-corrected chi connectivity index (χ1v) is 7.84. The molecule has 0 aromatic carbocycles. The van der Waals surface area contributed by atoms with Gasteiger partial charge in [0, 0.05) is 13.1 Å². The van der Waals surface area contributed by atoms with Gasteiger partial charge in [0.2, 0.25) is 0 Å². The van der Waals surface area contributed by atoms with Crippen molar-refractivity contribution in [3.8, 4) is 0 Å². The van der Waals surface area contributed by atoms with Crippen LogP contribution in [0.4, 0.5) is 16.3 Å². The first-order chi connectivity index (χ1) is 10.1. The smallest absolute Gasteiger partial charge is 0.411 e. The molecule has 2 heterocycles. The van der Waals surface area contributed by atoms with Crippen molar-refractivity contribution in [1.29, 1.82) is 0 Å². The van der Waals surface area contributed by atoms with Crippen molar-refractivity contribution in [1.82, 2.24) is 4.98 Å². The van der Waals surface area contributed by atoms with E-state index in [-0.39, 0.29) is 6.10 Å². The second kappa shape index (κ2) is 9.21. The predicted octanol–water partition coefficient (Wildman–Crippen LogP) is 4.06. The number of rotatable bonds is 3. The highest BCUT2D eigenvalue weighted by Crippen LogP contribution is 2.18. The van der Waals surface area contributed by atoms with Crippen LogP contribution in [0.25, 0.3) is 0 Å². The van der Waals surface area contributed by atoms with E-state index in [1.54, 1.807) is 6.20 Å². The topological polar surface area (TPSA) is 54.5 Å². The van der Waals surface area contributed by atoms with Gasteiger partial charge in [-0.25, -0.2) is 9.78 Å². The molecule has 1 aromatic heterocycles.